The van der Waals surface area contributed by atoms with Gasteiger partial charge in [-0.25, -0.2) is 0 Å². The maximum Gasteiger partial charge on any atom is 0.0753 e. The van der Waals surface area contributed by atoms with Crippen LogP contribution in [0, 0.1) is 0 Å². The highest BCUT2D eigenvalue weighted by Crippen LogP contribution is 2.25. The number of nitrogens with zero attached hydrogens (tertiary/aromatic N) is 1. The van der Waals surface area contributed by atoms with Crippen molar-refractivity contribution in [3.05, 3.63) is 35.9 Å². The number of rotatable bonds is 4. The van der Waals surface area contributed by atoms with Gasteiger partial charge in [0.15, 0.2) is 0 Å². The van der Waals surface area contributed by atoms with Crippen molar-refractivity contribution in [2.45, 2.75) is 38.5 Å². The van der Waals surface area contributed by atoms with E-state index < -0.39 is 0 Å². The van der Waals surface area contributed by atoms with E-state index in [1.165, 1.54) is 5.56 Å². The van der Waals surface area contributed by atoms with E-state index in [0.717, 1.165) is 19.7 Å². The van der Waals surface area contributed by atoms with E-state index in [4.69, 9.17) is 4.74 Å². The molecule has 3 nitrogen and oxygen atoms in total. The van der Waals surface area contributed by atoms with Crippen molar-refractivity contribution in [3.8, 4) is 0 Å². The molecule has 0 radical (unpaired) electrons. The van der Waals surface area contributed by atoms with Crippen molar-refractivity contribution in [1.82, 2.24) is 10.2 Å². The summed E-state index contributed by atoms with van der Waals surface area (Å²) in [6.45, 7) is 9.46. The lowest BCUT2D eigenvalue weighted by molar-refractivity contribution is -0.0985. The minimum absolute atomic E-state index is 0.0402. The smallest absolute Gasteiger partial charge is 0.0753 e. The first-order valence-corrected chi connectivity index (χ1v) is 7.14. The van der Waals surface area contributed by atoms with Crippen LogP contribution >= 0.6 is 0 Å². The lowest BCUT2D eigenvalue weighted by Gasteiger charge is -2.43. The Hall–Kier alpha value is -0.900. The van der Waals surface area contributed by atoms with E-state index in [0.29, 0.717) is 12.1 Å². The third kappa shape index (κ3) is 3.56. The second kappa shape index (κ2) is 6.04. The third-order valence-electron chi connectivity index (χ3n) is 3.98. The normalized spacial score (nSPS) is 22.9. The Bertz CT molecular complexity index is 391. The molecular weight excluding hydrogens is 236 g/mol. The summed E-state index contributed by atoms with van der Waals surface area (Å²) in [5.74, 6) is 0. The third-order valence-corrected chi connectivity index (χ3v) is 3.98. The topological polar surface area (TPSA) is 24.5 Å². The molecule has 1 aliphatic rings. The fraction of sp³-hybridized carbons (Fsp3) is 0.625. The highest BCUT2D eigenvalue weighted by molar-refractivity contribution is 5.20. The van der Waals surface area contributed by atoms with Gasteiger partial charge in [-0.2, -0.15) is 0 Å². The fourth-order valence-corrected chi connectivity index (χ4v) is 2.96. The highest BCUT2D eigenvalue weighted by Gasteiger charge is 2.32. The first kappa shape index (κ1) is 14.5. The molecule has 1 saturated heterocycles. The molecule has 0 amide bonds. The van der Waals surface area contributed by atoms with Gasteiger partial charge in [0, 0.05) is 25.2 Å². The summed E-state index contributed by atoms with van der Waals surface area (Å²) < 4.78 is 5.80. The molecule has 3 heteroatoms. The molecule has 2 unspecified atom stereocenters. The van der Waals surface area contributed by atoms with E-state index in [9.17, 15) is 0 Å². The number of hydrogen-bond donors (Lipinski definition) is 1. The Kier molecular flexibility index (Phi) is 4.61. The molecule has 1 aromatic carbocycles. The van der Waals surface area contributed by atoms with Gasteiger partial charge in [-0.1, -0.05) is 30.3 Å². The Labute approximate surface area is 116 Å². The number of hydrogen-bond acceptors (Lipinski definition) is 3. The Morgan fingerprint density at radius 1 is 1.26 bits per heavy atom. The molecule has 0 aliphatic carbocycles. The Morgan fingerprint density at radius 2 is 1.95 bits per heavy atom. The zero-order chi connectivity index (χ0) is 13.9. The maximum absolute atomic E-state index is 5.80. The highest BCUT2D eigenvalue weighted by atomic mass is 16.5. The van der Waals surface area contributed by atoms with Crippen LogP contribution in [-0.4, -0.2) is 43.3 Å². The summed E-state index contributed by atoms with van der Waals surface area (Å²) >= 11 is 0. The van der Waals surface area contributed by atoms with Gasteiger partial charge in [0.25, 0.3) is 0 Å². The lowest BCUT2D eigenvalue weighted by Crippen LogP contribution is -2.54. The van der Waals surface area contributed by atoms with Crippen molar-refractivity contribution < 1.29 is 4.74 Å². The van der Waals surface area contributed by atoms with Crippen LogP contribution in [0.25, 0.3) is 0 Å². The number of likely N-dealkylation sites (N-methyl/N-ethyl adjacent to an activating group) is 1. The summed E-state index contributed by atoms with van der Waals surface area (Å²) in [6.07, 6.45) is 0. The molecule has 2 rings (SSSR count). The Morgan fingerprint density at radius 3 is 2.53 bits per heavy atom. The van der Waals surface area contributed by atoms with Crippen molar-refractivity contribution >= 4 is 0 Å². The standard InChI is InChI=1S/C16H26N2O/c1-13(18-10-11-19-16(2,3)12-18)15(17-4)14-8-6-5-7-9-14/h5-9,13,15,17H,10-12H2,1-4H3. The van der Waals surface area contributed by atoms with Crippen molar-refractivity contribution in [3.63, 3.8) is 0 Å². The van der Waals surface area contributed by atoms with Crippen LogP contribution in [0.1, 0.15) is 32.4 Å². The summed E-state index contributed by atoms with van der Waals surface area (Å²) in [5, 5.41) is 3.46. The Balaban J connectivity index is 2.10. The predicted octanol–water partition coefficient (Wildman–Crippen LogP) is 2.45. The molecule has 2 atom stereocenters. The summed E-state index contributed by atoms with van der Waals surface area (Å²) in [6, 6.07) is 11.5. The van der Waals surface area contributed by atoms with Crippen molar-refractivity contribution in [1.29, 1.82) is 0 Å². The zero-order valence-electron chi connectivity index (χ0n) is 12.5. The molecule has 1 aliphatic heterocycles. The molecule has 0 aromatic heterocycles. The number of benzene rings is 1. The van der Waals surface area contributed by atoms with Gasteiger partial charge in [0.1, 0.15) is 0 Å². The molecule has 19 heavy (non-hydrogen) atoms. The van der Waals surface area contributed by atoms with Crippen molar-refractivity contribution in [2.75, 3.05) is 26.7 Å². The van der Waals surface area contributed by atoms with Gasteiger partial charge in [-0.3, -0.25) is 4.90 Å². The molecule has 0 bridgehead atoms. The van der Waals surface area contributed by atoms with E-state index >= 15 is 0 Å². The van der Waals surface area contributed by atoms with Crippen LogP contribution in [0.5, 0.6) is 0 Å². The van der Waals surface area contributed by atoms with Gasteiger partial charge in [0.2, 0.25) is 0 Å². The van der Waals surface area contributed by atoms with Crippen LogP contribution in [0.3, 0.4) is 0 Å². The van der Waals surface area contributed by atoms with Crippen LogP contribution in [-0.2, 0) is 4.74 Å². The van der Waals surface area contributed by atoms with Gasteiger partial charge in [0.05, 0.1) is 12.2 Å². The lowest BCUT2D eigenvalue weighted by atomic mass is 9.97. The molecule has 0 spiro atoms. The molecule has 106 valence electrons. The number of morpholine rings is 1. The SMILES string of the molecule is CNC(c1ccccc1)C(C)N1CCOC(C)(C)C1. The van der Waals surface area contributed by atoms with Gasteiger partial charge < -0.3 is 10.1 Å². The van der Waals surface area contributed by atoms with E-state index in [-0.39, 0.29) is 5.60 Å². The van der Waals surface area contributed by atoms with Crippen molar-refractivity contribution in [2.24, 2.45) is 0 Å². The summed E-state index contributed by atoms with van der Waals surface area (Å²) in [4.78, 5) is 2.53. The van der Waals surface area contributed by atoms with Crippen LogP contribution in [0.4, 0.5) is 0 Å². The van der Waals surface area contributed by atoms with E-state index in [1.807, 2.05) is 7.05 Å². The second-order valence-electron chi connectivity index (χ2n) is 6.00. The van der Waals surface area contributed by atoms with E-state index in [1.54, 1.807) is 0 Å². The summed E-state index contributed by atoms with van der Waals surface area (Å²) in [7, 11) is 2.04. The van der Waals surface area contributed by atoms with Gasteiger partial charge >= 0.3 is 0 Å². The van der Waals surface area contributed by atoms with Crippen LogP contribution in [0.15, 0.2) is 30.3 Å². The largest absolute Gasteiger partial charge is 0.373 e. The van der Waals surface area contributed by atoms with Crippen LogP contribution in [0.2, 0.25) is 0 Å². The van der Waals surface area contributed by atoms with Gasteiger partial charge in [-0.05, 0) is 33.4 Å². The molecule has 1 heterocycles. The first-order valence-electron chi connectivity index (χ1n) is 7.14. The quantitative estimate of drug-likeness (QED) is 0.902. The minimum atomic E-state index is -0.0402. The van der Waals surface area contributed by atoms with Crippen LogP contribution < -0.4 is 5.32 Å². The molecule has 0 saturated carbocycles. The average molecular weight is 262 g/mol. The minimum Gasteiger partial charge on any atom is -0.373 e. The number of nitrogens with one attached hydrogen (secondary N) is 1. The second-order valence-corrected chi connectivity index (χ2v) is 6.00. The zero-order valence-corrected chi connectivity index (χ0v) is 12.5. The maximum atomic E-state index is 5.80. The van der Waals surface area contributed by atoms with Gasteiger partial charge in [-0.15, -0.1) is 0 Å². The predicted molar refractivity (Wildman–Crippen MR) is 79.3 cm³/mol. The fourth-order valence-electron chi connectivity index (χ4n) is 2.96. The first-order chi connectivity index (χ1) is 9.03. The monoisotopic (exact) mass is 262 g/mol. The summed E-state index contributed by atoms with van der Waals surface area (Å²) in [5.41, 5.74) is 1.31. The molecular formula is C16H26N2O. The average Bonchev–Trinajstić information content (AvgIpc) is 2.39. The molecule has 1 N–H and O–H groups in total. The number of ether oxygens (including phenoxy) is 1. The van der Waals surface area contributed by atoms with E-state index in [2.05, 4.69) is 61.3 Å². The molecule has 1 fully saturated rings. The molecule has 1 aromatic rings.